The first kappa shape index (κ1) is 26.8. The molecule has 0 spiro atoms. The number of aryl methyl sites for hydroxylation is 3. The molecular formula is C40H39N. The van der Waals surface area contributed by atoms with E-state index in [2.05, 4.69) is 113 Å². The van der Waals surface area contributed by atoms with Gasteiger partial charge in [-0.3, -0.25) is 0 Å². The molecule has 0 aromatic heterocycles. The summed E-state index contributed by atoms with van der Waals surface area (Å²) in [5.41, 5.74) is 22.2. The molecule has 0 fully saturated rings. The predicted octanol–water partition coefficient (Wildman–Crippen LogP) is 11.6. The monoisotopic (exact) mass is 533 g/mol. The van der Waals surface area contributed by atoms with Gasteiger partial charge in [-0.1, -0.05) is 92.6 Å². The normalized spacial score (nSPS) is 13.2. The molecular weight excluding hydrogens is 494 g/mol. The molecule has 0 bridgehead atoms. The number of benzene rings is 6. The first-order chi connectivity index (χ1) is 19.9. The summed E-state index contributed by atoms with van der Waals surface area (Å²) in [6, 6.07) is 31.3. The molecule has 1 nitrogen and oxygen atoms in total. The number of allylic oxidation sites excluding steroid dienone is 1. The molecule has 204 valence electrons. The minimum Gasteiger partial charge on any atom is -0.399 e. The van der Waals surface area contributed by atoms with Crippen LogP contribution in [0.2, 0.25) is 0 Å². The van der Waals surface area contributed by atoms with Crippen LogP contribution in [0.1, 0.15) is 61.9 Å². The summed E-state index contributed by atoms with van der Waals surface area (Å²) in [6.07, 6.45) is 1.04. The van der Waals surface area contributed by atoms with E-state index in [0.29, 0.717) is 0 Å². The van der Waals surface area contributed by atoms with Crippen LogP contribution in [0.3, 0.4) is 0 Å². The Morgan fingerprint density at radius 3 is 2.10 bits per heavy atom. The van der Waals surface area contributed by atoms with Crippen LogP contribution >= 0.6 is 0 Å². The Hall–Kier alpha value is -4.36. The van der Waals surface area contributed by atoms with Crippen molar-refractivity contribution in [2.24, 2.45) is 0 Å². The Labute approximate surface area is 244 Å². The standard InChI is InChI=1S/C38H33N.C2H6/c1-6-22(3)37-36-23(4)16-21(2)17-34(36)35-20-32-29-15-14-26(39)18-31(29)33(19-30(32)24(5)38(35)37)28-13-9-11-25-10-7-8-12-27(25)28;1-2/h7-20H,6,39H2,1-5H3;1-2H3/b37-22-;. The van der Waals surface area contributed by atoms with Gasteiger partial charge in [-0.2, -0.15) is 0 Å². The maximum Gasteiger partial charge on any atom is 0.0320 e. The van der Waals surface area contributed by atoms with Gasteiger partial charge in [0.15, 0.2) is 0 Å². The van der Waals surface area contributed by atoms with E-state index in [4.69, 9.17) is 5.73 Å². The molecule has 0 radical (unpaired) electrons. The average Bonchev–Trinajstić information content (AvgIpc) is 3.32. The number of fused-ring (bicyclic) bond motifs is 7. The quantitative estimate of drug-likeness (QED) is 0.174. The summed E-state index contributed by atoms with van der Waals surface area (Å²) in [5.74, 6) is 0. The lowest BCUT2D eigenvalue weighted by atomic mass is 9.85. The van der Waals surface area contributed by atoms with Crippen LogP contribution < -0.4 is 5.73 Å². The topological polar surface area (TPSA) is 26.0 Å². The highest BCUT2D eigenvalue weighted by atomic mass is 14.5. The molecule has 1 heteroatoms. The molecule has 0 unspecified atom stereocenters. The number of rotatable bonds is 2. The molecule has 0 saturated carbocycles. The van der Waals surface area contributed by atoms with Gasteiger partial charge in [0, 0.05) is 5.69 Å². The summed E-state index contributed by atoms with van der Waals surface area (Å²) >= 11 is 0. The van der Waals surface area contributed by atoms with Crippen LogP contribution in [0.15, 0.2) is 90.5 Å². The van der Waals surface area contributed by atoms with Gasteiger partial charge >= 0.3 is 0 Å². The Morgan fingerprint density at radius 1 is 0.610 bits per heavy atom. The first-order valence-corrected chi connectivity index (χ1v) is 15.0. The molecule has 7 rings (SSSR count). The SMILES string of the molecule is CC.CC/C(C)=C1/c2c(C)cc(C)cc2-c2cc3c(cc(-c4cccc5ccccc45)c4cc(N)ccc43)c(C)c21. The highest BCUT2D eigenvalue weighted by Gasteiger charge is 2.30. The number of hydrogen-bond acceptors (Lipinski definition) is 1. The Bertz CT molecular complexity index is 2030. The van der Waals surface area contributed by atoms with Crippen molar-refractivity contribution in [1.82, 2.24) is 0 Å². The minimum absolute atomic E-state index is 0.793. The van der Waals surface area contributed by atoms with Crippen LogP contribution in [0.25, 0.3) is 60.1 Å². The van der Waals surface area contributed by atoms with Crippen LogP contribution in [0.5, 0.6) is 0 Å². The van der Waals surface area contributed by atoms with Gasteiger partial charge < -0.3 is 5.73 Å². The summed E-state index contributed by atoms with van der Waals surface area (Å²) in [4.78, 5) is 0. The van der Waals surface area contributed by atoms with Crippen LogP contribution in [0.4, 0.5) is 5.69 Å². The number of nitrogens with two attached hydrogens (primary N) is 1. The smallest absolute Gasteiger partial charge is 0.0320 e. The predicted molar refractivity (Wildman–Crippen MR) is 182 cm³/mol. The molecule has 1 aliphatic carbocycles. The van der Waals surface area contributed by atoms with Crippen molar-refractivity contribution < 1.29 is 0 Å². The van der Waals surface area contributed by atoms with Crippen molar-refractivity contribution in [1.29, 1.82) is 0 Å². The summed E-state index contributed by atoms with van der Waals surface area (Å²) in [5, 5.41) is 7.59. The lowest BCUT2D eigenvalue weighted by molar-refractivity contribution is 1.10. The molecule has 0 aliphatic heterocycles. The molecule has 0 saturated heterocycles. The van der Waals surface area contributed by atoms with E-state index in [0.717, 1.165) is 12.1 Å². The van der Waals surface area contributed by atoms with Gasteiger partial charge in [0.1, 0.15) is 0 Å². The second-order valence-electron chi connectivity index (χ2n) is 11.3. The Morgan fingerprint density at radius 2 is 1.32 bits per heavy atom. The van der Waals surface area contributed by atoms with Crippen molar-refractivity contribution in [2.45, 2.75) is 54.9 Å². The maximum atomic E-state index is 6.40. The second kappa shape index (κ2) is 10.2. The third-order valence-electron chi connectivity index (χ3n) is 8.85. The number of nitrogen functional groups attached to an aromatic ring is 1. The Kier molecular flexibility index (Phi) is 6.70. The molecule has 6 aromatic carbocycles. The van der Waals surface area contributed by atoms with Gasteiger partial charge in [0.25, 0.3) is 0 Å². The highest BCUT2D eigenvalue weighted by Crippen LogP contribution is 2.52. The summed E-state index contributed by atoms with van der Waals surface area (Å²) in [7, 11) is 0. The molecule has 2 N–H and O–H groups in total. The van der Waals surface area contributed by atoms with Gasteiger partial charge in [0.2, 0.25) is 0 Å². The molecule has 1 aliphatic rings. The van der Waals surface area contributed by atoms with E-state index in [9.17, 15) is 0 Å². The third-order valence-corrected chi connectivity index (χ3v) is 8.85. The van der Waals surface area contributed by atoms with Crippen LogP contribution in [-0.4, -0.2) is 0 Å². The van der Waals surface area contributed by atoms with E-state index in [1.807, 2.05) is 19.9 Å². The second-order valence-corrected chi connectivity index (χ2v) is 11.3. The summed E-state index contributed by atoms with van der Waals surface area (Å²) < 4.78 is 0. The molecule has 0 amide bonds. The molecule has 6 aromatic rings. The minimum atomic E-state index is 0.793. The number of hydrogen-bond donors (Lipinski definition) is 1. The largest absolute Gasteiger partial charge is 0.399 e. The maximum absolute atomic E-state index is 6.40. The van der Waals surface area contributed by atoms with E-state index in [1.54, 1.807) is 0 Å². The van der Waals surface area contributed by atoms with Crippen LogP contribution in [-0.2, 0) is 0 Å². The highest BCUT2D eigenvalue weighted by molar-refractivity contribution is 6.20. The lowest BCUT2D eigenvalue weighted by Gasteiger charge is -2.18. The van der Waals surface area contributed by atoms with Gasteiger partial charge in [-0.25, -0.2) is 0 Å². The zero-order valence-electron chi connectivity index (χ0n) is 25.4. The van der Waals surface area contributed by atoms with E-state index in [-0.39, 0.29) is 0 Å². The molecule has 0 atom stereocenters. The van der Waals surface area contributed by atoms with Crippen LogP contribution in [0, 0.1) is 20.8 Å². The van der Waals surface area contributed by atoms with Crippen molar-refractivity contribution in [3.63, 3.8) is 0 Å². The van der Waals surface area contributed by atoms with E-state index in [1.165, 1.54) is 93.5 Å². The van der Waals surface area contributed by atoms with Crippen molar-refractivity contribution in [3.05, 3.63) is 118 Å². The number of anilines is 1. The van der Waals surface area contributed by atoms with Gasteiger partial charge in [-0.05, 0) is 141 Å². The zero-order valence-corrected chi connectivity index (χ0v) is 25.4. The van der Waals surface area contributed by atoms with Gasteiger partial charge in [-0.15, -0.1) is 0 Å². The van der Waals surface area contributed by atoms with Gasteiger partial charge in [0.05, 0.1) is 0 Å². The Balaban J connectivity index is 0.00000148. The molecule has 0 heterocycles. The lowest BCUT2D eigenvalue weighted by Crippen LogP contribution is -1.95. The van der Waals surface area contributed by atoms with Crippen molar-refractivity contribution >= 4 is 43.6 Å². The van der Waals surface area contributed by atoms with Crippen molar-refractivity contribution in [3.8, 4) is 22.3 Å². The fourth-order valence-electron chi connectivity index (χ4n) is 6.94. The zero-order chi connectivity index (χ0) is 29.0. The molecule has 41 heavy (non-hydrogen) atoms. The van der Waals surface area contributed by atoms with E-state index >= 15 is 0 Å². The fraction of sp³-hybridized carbons (Fsp3) is 0.200. The summed E-state index contributed by atoms with van der Waals surface area (Å²) in [6.45, 7) is 15.4. The third kappa shape index (κ3) is 4.06. The van der Waals surface area contributed by atoms with Crippen molar-refractivity contribution in [2.75, 3.05) is 5.73 Å². The van der Waals surface area contributed by atoms with E-state index < -0.39 is 0 Å². The first-order valence-electron chi connectivity index (χ1n) is 15.0. The fourth-order valence-corrected chi connectivity index (χ4v) is 6.94. The average molecular weight is 534 g/mol.